The Morgan fingerprint density at radius 2 is 1.64 bits per heavy atom. The van der Waals surface area contributed by atoms with Gasteiger partial charge >= 0.3 is 5.97 Å². The number of aryl methyl sites for hydroxylation is 1. The summed E-state index contributed by atoms with van der Waals surface area (Å²) in [5, 5.41) is 2.57. The largest absolute Gasteiger partial charge is 0.459 e. The van der Waals surface area contributed by atoms with Gasteiger partial charge < -0.3 is 14.8 Å². The van der Waals surface area contributed by atoms with Crippen LogP contribution in [0.5, 0.6) is 11.5 Å². The standard InChI is InChI=1S/C23H21NO4/c1-17-8-7-10-18(14-17)23(26)24-15-22(25)27-16-19-9-5-6-13-21(19)28-20-11-3-2-4-12-20/h2-14H,15-16H2,1H3,(H,24,26). The fourth-order valence-electron chi connectivity index (χ4n) is 2.59. The smallest absolute Gasteiger partial charge is 0.325 e. The first-order chi connectivity index (χ1) is 13.6. The average Bonchev–Trinajstić information content (AvgIpc) is 2.72. The zero-order chi connectivity index (χ0) is 19.8. The summed E-state index contributed by atoms with van der Waals surface area (Å²) >= 11 is 0. The Hall–Kier alpha value is -3.60. The second kappa shape index (κ2) is 9.37. The lowest BCUT2D eigenvalue weighted by molar-refractivity contribution is -0.143. The minimum Gasteiger partial charge on any atom is -0.459 e. The van der Waals surface area contributed by atoms with Gasteiger partial charge in [0.25, 0.3) is 5.91 Å². The molecule has 0 atom stereocenters. The van der Waals surface area contributed by atoms with Crippen molar-refractivity contribution in [1.29, 1.82) is 0 Å². The van der Waals surface area contributed by atoms with Crippen molar-refractivity contribution in [3.63, 3.8) is 0 Å². The van der Waals surface area contributed by atoms with Crippen molar-refractivity contribution in [3.8, 4) is 11.5 Å². The van der Waals surface area contributed by atoms with Gasteiger partial charge in [0.1, 0.15) is 24.7 Å². The Morgan fingerprint density at radius 3 is 2.43 bits per heavy atom. The van der Waals surface area contributed by atoms with Gasteiger partial charge in [-0.3, -0.25) is 9.59 Å². The summed E-state index contributed by atoms with van der Waals surface area (Å²) in [6, 6.07) is 23.9. The number of ether oxygens (including phenoxy) is 2. The van der Waals surface area contributed by atoms with E-state index in [0.717, 1.165) is 11.1 Å². The van der Waals surface area contributed by atoms with Gasteiger partial charge in [-0.25, -0.2) is 0 Å². The molecule has 0 aliphatic carbocycles. The molecule has 142 valence electrons. The van der Waals surface area contributed by atoms with Crippen molar-refractivity contribution in [1.82, 2.24) is 5.32 Å². The maximum atomic E-state index is 12.1. The van der Waals surface area contributed by atoms with E-state index >= 15 is 0 Å². The van der Waals surface area contributed by atoms with E-state index in [-0.39, 0.29) is 19.1 Å². The van der Waals surface area contributed by atoms with Crippen LogP contribution in [0, 0.1) is 6.92 Å². The molecule has 3 aromatic carbocycles. The van der Waals surface area contributed by atoms with E-state index in [2.05, 4.69) is 5.32 Å². The van der Waals surface area contributed by atoms with Crippen LogP contribution in [0.4, 0.5) is 0 Å². The van der Waals surface area contributed by atoms with Crippen LogP contribution in [-0.2, 0) is 16.1 Å². The van der Waals surface area contributed by atoms with Crippen LogP contribution in [0.25, 0.3) is 0 Å². The molecule has 0 aromatic heterocycles. The van der Waals surface area contributed by atoms with E-state index in [1.165, 1.54) is 0 Å². The summed E-state index contributed by atoms with van der Waals surface area (Å²) < 4.78 is 11.1. The van der Waals surface area contributed by atoms with E-state index in [9.17, 15) is 9.59 Å². The van der Waals surface area contributed by atoms with E-state index in [1.54, 1.807) is 18.2 Å². The molecule has 1 N–H and O–H groups in total. The quantitative estimate of drug-likeness (QED) is 0.627. The highest BCUT2D eigenvalue weighted by Gasteiger charge is 2.11. The maximum absolute atomic E-state index is 12.1. The number of carbonyl (C=O) groups is 2. The van der Waals surface area contributed by atoms with Gasteiger partial charge in [-0.15, -0.1) is 0 Å². The van der Waals surface area contributed by atoms with Crippen LogP contribution >= 0.6 is 0 Å². The highest BCUT2D eigenvalue weighted by Crippen LogP contribution is 2.25. The molecule has 3 rings (SSSR count). The lowest BCUT2D eigenvalue weighted by atomic mass is 10.1. The fourth-order valence-corrected chi connectivity index (χ4v) is 2.59. The van der Waals surface area contributed by atoms with Crippen molar-refractivity contribution < 1.29 is 19.1 Å². The number of hydrogen-bond acceptors (Lipinski definition) is 4. The Bertz CT molecular complexity index is 954. The van der Waals surface area contributed by atoms with Crippen molar-refractivity contribution in [2.24, 2.45) is 0 Å². The highest BCUT2D eigenvalue weighted by molar-refractivity contribution is 5.96. The van der Waals surface area contributed by atoms with Gasteiger partial charge in [-0.1, -0.05) is 54.1 Å². The van der Waals surface area contributed by atoms with Crippen molar-refractivity contribution in [3.05, 3.63) is 95.6 Å². The molecule has 0 unspecified atom stereocenters. The summed E-state index contributed by atoms with van der Waals surface area (Å²) in [6.45, 7) is 1.76. The number of benzene rings is 3. The number of carbonyl (C=O) groups excluding carboxylic acids is 2. The second-order valence-electron chi connectivity index (χ2n) is 6.24. The van der Waals surface area contributed by atoms with Gasteiger partial charge in [0.2, 0.25) is 0 Å². The summed E-state index contributed by atoms with van der Waals surface area (Å²) in [6.07, 6.45) is 0. The van der Waals surface area contributed by atoms with Crippen molar-refractivity contribution >= 4 is 11.9 Å². The number of para-hydroxylation sites is 2. The summed E-state index contributed by atoms with van der Waals surface area (Å²) in [5.74, 6) is 0.487. The molecule has 5 nitrogen and oxygen atoms in total. The third kappa shape index (κ3) is 5.45. The Balaban J connectivity index is 1.53. The zero-order valence-corrected chi connectivity index (χ0v) is 15.6. The summed E-state index contributed by atoms with van der Waals surface area (Å²) in [7, 11) is 0. The lowest BCUT2D eigenvalue weighted by Crippen LogP contribution is -2.30. The Kier molecular flexibility index (Phi) is 6.41. The van der Waals surface area contributed by atoms with Gasteiger partial charge in [-0.05, 0) is 37.3 Å². The van der Waals surface area contributed by atoms with E-state index in [1.807, 2.05) is 67.6 Å². The number of nitrogens with one attached hydrogen (secondary N) is 1. The molecule has 0 aliphatic rings. The van der Waals surface area contributed by atoms with Crippen LogP contribution < -0.4 is 10.1 Å². The van der Waals surface area contributed by atoms with E-state index in [4.69, 9.17) is 9.47 Å². The SMILES string of the molecule is Cc1cccc(C(=O)NCC(=O)OCc2ccccc2Oc2ccccc2)c1. The van der Waals surface area contributed by atoms with E-state index < -0.39 is 5.97 Å². The van der Waals surface area contributed by atoms with Crippen LogP contribution in [0.3, 0.4) is 0 Å². The molecule has 0 heterocycles. The molecular weight excluding hydrogens is 354 g/mol. The first-order valence-corrected chi connectivity index (χ1v) is 8.93. The molecule has 0 aliphatic heterocycles. The number of hydrogen-bond donors (Lipinski definition) is 1. The predicted octanol–water partition coefficient (Wildman–Crippen LogP) is 4.26. The van der Waals surface area contributed by atoms with Gasteiger partial charge in [-0.2, -0.15) is 0 Å². The summed E-state index contributed by atoms with van der Waals surface area (Å²) in [5.41, 5.74) is 2.23. The molecule has 0 saturated carbocycles. The number of amides is 1. The average molecular weight is 375 g/mol. The lowest BCUT2D eigenvalue weighted by Gasteiger charge is -2.12. The Labute approximate surface area is 163 Å². The second-order valence-corrected chi connectivity index (χ2v) is 6.24. The van der Waals surface area contributed by atoms with Gasteiger partial charge in [0, 0.05) is 11.1 Å². The minimum absolute atomic E-state index is 0.0577. The molecule has 5 heteroatoms. The third-order valence-electron chi connectivity index (χ3n) is 4.01. The Morgan fingerprint density at radius 1 is 0.893 bits per heavy atom. The molecule has 0 radical (unpaired) electrons. The van der Waals surface area contributed by atoms with Crippen LogP contribution in [0.2, 0.25) is 0 Å². The topological polar surface area (TPSA) is 64.6 Å². The monoisotopic (exact) mass is 375 g/mol. The highest BCUT2D eigenvalue weighted by atomic mass is 16.5. The van der Waals surface area contributed by atoms with Gasteiger partial charge in [0.15, 0.2) is 0 Å². The number of esters is 1. The normalized spacial score (nSPS) is 10.2. The molecule has 1 amide bonds. The third-order valence-corrected chi connectivity index (χ3v) is 4.01. The molecule has 0 fully saturated rings. The van der Waals surface area contributed by atoms with Crippen LogP contribution in [0.15, 0.2) is 78.9 Å². The molecule has 0 bridgehead atoms. The summed E-state index contributed by atoms with van der Waals surface area (Å²) in [4.78, 5) is 24.1. The van der Waals surface area contributed by atoms with Crippen LogP contribution in [-0.4, -0.2) is 18.4 Å². The first-order valence-electron chi connectivity index (χ1n) is 8.93. The maximum Gasteiger partial charge on any atom is 0.325 e. The number of rotatable bonds is 7. The predicted molar refractivity (Wildman–Crippen MR) is 106 cm³/mol. The van der Waals surface area contributed by atoms with Crippen LogP contribution in [0.1, 0.15) is 21.5 Å². The van der Waals surface area contributed by atoms with Gasteiger partial charge in [0.05, 0.1) is 0 Å². The van der Waals surface area contributed by atoms with Crippen molar-refractivity contribution in [2.75, 3.05) is 6.54 Å². The fraction of sp³-hybridized carbons (Fsp3) is 0.130. The molecule has 0 saturated heterocycles. The zero-order valence-electron chi connectivity index (χ0n) is 15.6. The van der Waals surface area contributed by atoms with E-state index in [0.29, 0.717) is 17.1 Å². The first kappa shape index (κ1) is 19.2. The molecule has 3 aromatic rings. The molecule has 28 heavy (non-hydrogen) atoms. The van der Waals surface area contributed by atoms with Crippen molar-refractivity contribution in [2.45, 2.75) is 13.5 Å². The minimum atomic E-state index is -0.518. The molecular formula is C23H21NO4. The molecule has 0 spiro atoms.